The number of pyridine rings is 1. The van der Waals surface area contributed by atoms with Gasteiger partial charge in [-0.2, -0.15) is 28.2 Å². The lowest BCUT2D eigenvalue weighted by Gasteiger charge is -2.08. The van der Waals surface area contributed by atoms with E-state index in [4.69, 9.17) is 28.9 Å². The Hall–Kier alpha value is -2.76. The van der Waals surface area contributed by atoms with E-state index in [0.29, 0.717) is 10.6 Å². The summed E-state index contributed by atoms with van der Waals surface area (Å²) in [6.07, 6.45) is -3.57. The predicted molar refractivity (Wildman–Crippen MR) is 90.9 cm³/mol. The molecule has 0 atom stereocenters. The summed E-state index contributed by atoms with van der Waals surface area (Å²) in [5, 5.41) is 14.1. The van der Waals surface area contributed by atoms with E-state index in [1.807, 2.05) is 6.07 Å². The van der Waals surface area contributed by atoms with Gasteiger partial charge in [-0.1, -0.05) is 23.2 Å². The minimum Gasteiger partial charge on any atom is -0.382 e. The average molecular weight is 398 g/mol. The van der Waals surface area contributed by atoms with Gasteiger partial charge in [-0.25, -0.2) is 4.98 Å². The molecule has 0 saturated carbocycles. The van der Waals surface area contributed by atoms with Crippen LogP contribution in [0.1, 0.15) is 11.1 Å². The highest BCUT2D eigenvalue weighted by atomic mass is 35.5. The summed E-state index contributed by atoms with van der Waals surface area (Å²) in [7, 11) is 0. The standard InChI is InChI=1S/C16H8Cl2F3N5/c17-9-1-2-10(12(18)6-9)14-11(7-22)15(23)26(25-14)13-5-8(3-4-24-13)16(19,20)21/h1-6H,23H2. The molecule has 0 saturated heterocycles. The highest BCUT2D eigenvalue weighted by molar-refractivity contribution is 6.36. The molecule has 132 valence electrons. The first kappa shape index (κ1) is 18.0. The van der Waals surface area contributed by atoms with Gasteiger partial charge in [0, 0.05) is 16.8 Å². The van der Waals surface area contributed by atoms with Gasteiger partial charge < -0.3 is 5.73 Å². The van der Waals surface area contributed by atoms with Crippen LogP contribution in [0.25, 0.3) is 17.1 Å². The molecule has 26 heavy (non-hydrogen) atoms. The van der Waals surface area contributed by atoms with Crippen LogP contribution in [0.15, 0.2) is 36.5 Å². The van der Waals surface area contributed by atoms with Gasteiger partial charge >= 0.3 is 6.18 Å². The molecule has 0 fully saturated rings. The van der Waals surface area contributed by atoms with Crippen molar-refractivity contribution in [3.8, 4) is 23.1 Å². The van der Waals surface area contributed by atoms with E-state index in [9.17, 15) is 18.4 Å². The number of nitrogen functional groups attached to an aromatic ring is 1. The second-order valence-electron chi connectivity index (χ2n) is 5.16. The summed E-state index contributed by atoms with van der Waals surface area (Å²) in [6.45, 7) is 0. The summed E-state index contributed by atoms with van der Waals surface area (Å²) in [5.74, 6) is -0.328. The van der Waals surface area contributed by atoms with Crippen molar-refractivity contribution in [2.75, 3.05) is 5.73 Å². The average Bonchev–Trinajstić information content (AvgIpc) is 2.90. The number of nitrogens with zero attached hydrogens (tertiary/aromatic N) is 4. The molecule has 0 aliphatic carbocycles. The number of rotatable bonds is 2. The fourth-order valence-electron chi connectivity index (χ4n) is 2.30. The van der Waals surface area contributed by atoms with E-state index < -0.39 is 11.7 Å². The third kappa shape index (κ3) is 3.19. The number of halogens is 5. The molecule has 5 nitrogen and oxygen atoms in total. The van der Waals surface area contributed by atoms with Gasteiger partial charge in [-0.15, -0.1) is 0 Å². The molecule has 3 rings (SSSR count). The Kier molecular flexibility index (Phi) is 4.52. The highest BCUT2D eigenvalue weighted by Gasteiger charge is 2.31. The molecule has 0 radical (unpaired) electrons. The van der Waals surface area contributed by atoms with Gasteiger partial charge in [0.1, 0.15) is 23.1 Å². The molecule has 2 heterocycles. The van der Waals surface area contributed by atoms with Crippen molar-refractivity contribution in [1.29, 1.82) is 5.26 Å². The lowest BCUT2D eigenvalue weighted by Crippen LogP contribution is -2.09. The van der Waals surface area contributed by atoms with Crippen molar-refractivity contribution in [3.63, 3.8) is 0 Å². The minimum absolute atomic E-state index is 0.0339. The van der Waals surface area contributed by atoms with Crippen molar-refractivity contribution in [2.45, 2.75) is 6.18 Å². The number of nitriles is 1. The molecule has 2 N–H and O–H groups in total. The maximum Gasteiger partial charge on any atom is 0.416 e. The second-order valence-corrected chi connectivity index (χ2v) is 6.00. The summed E-state index contributed by atoms with van der Waals surface area (Å²) >= 11 is 12.0. The van der Waals surface area contributed by atoms with Gasteiger partial charge in [-0.3, -0.25) is 0 Å². The smallest absolute Gasteiger partial charge is 0.382 e. The van der Waals surface area contributed by atoms with Crippen molar-refractivity contribution < 1.29 is 13.2 Å². The number of anilines is 1. The molecular formula is C16H8Cl2F3N5. The van der Waals surface area contributed by atoms with Gasteiger partial charge in [0.15, 0.2) is 5.82 Å². The first-order chi connectivity index (χ1) is 12.2. The van der Waals surface area contributed by atoms with Crippen molar-refractivity contribution in [3.05, 3.63) is 57.7 Å². The molecule has 0 amide bonds. The molecule has 1 aromatic carbocycles. The van der Waals surface area contributed by atoms with Crippen LogP contribution in [0.2, 0.25) is 10.0 Å². The van der Waals surface area contributed by atoms with Gasteiger partial charge in [0.25, 0.3) is 0 Å². The Morgan fingerprint density at radius 2 is 1.88 bits per heavy atom. The number of hydrogen-bond acceptors (Lipinski definition) is 4. The Morgan fingerprint density at radius 1 is 1.15 bits per heavy atom. The van der Waals surface area contributed by atoms with E-state index in [0.717, 1.165) is 23.0 Å². The molecule has 0 bridgehead atoms. The van der Waals surface area contributed by atoms with E-state index in [-0.39, 0.29) is 27.9 Å². The molecule has 0 spiro atoms. The maximum absolute atomic E-state index is 12.9. The lowest BCUT2D eigenvalue weighted by atomic mass is 10.1. The topological polar surface area (TPSA) is 80.5 Å². The molecule has 0 unspecified atom stereocenters. The van der Waals surface area contributed by atoms with Crippen molar-refractivity contribution in [2.24, 2.45) is 0 Å². The van der Waals surface area contributed by atoms with Crippen LogP contribution in [0.4, 0.5) is 19.0 Å². The molecule has 3 aromatic rings. The van der Waals surface area contributed by atoms with Crippen LogP contribution in [0.5, 0.6) is 0 Å². The molecule has 2 aromatic heterocycles. The Balaban J connectivity index is 2.20. The zero-order valence-corrected chi connectivity index (χ0v) is 14.2. The largest absolute Gasteiger partial charge is 0.416 e. The Morgan fingerprint density at radius 3 is 2.50 bits per heavy atom. The lowest BCUT2D eigenvalue weighted by molar-refractivity contribution is -0.137. The Bertz CT molecular complexity index is 1040. The van der Waals surface area contributed by atoms with Crippen LogP contribution in [-0.2, 0) is 6.18 Å². The van der Waals surface area contributed by atoms with Crippen LogP contribution in [0.3, 0.4) is 0 Å². The summed E-state index contributed by atoms with van der Waals surface area (Å²) < 4.78 is 39.7. The number of nitrogens with two attached hydrogens (primary N) is 1. The number of aromatic nitrogens is 3. The zero-order chi connectivity index (χ0) is 19.1. The van der Waals surface area contributed by atoms with Crippen molar-refractivity contribution >= 4 is 29.0 Å². The SMILES string of the molecule is N#Cc1c(-c2ccc(Cl)cc2Cl)nn(-c2cc(C(F)(F)F)ccn2)c1N. The summed E-state index contributed by atoms with van der Waals surface area (Å²) in [5.41, 5.74) is 5.44. The Labute approximate surface area is 155 Å². The number of alkyl halides is 3. The summed E-state index contributed by atoms with van der Waals surface area (Å²) in [6, 6.07) is 8.04. The maximum atomic E-state index is 12.9. The van der Waals surface area contributed by atoms with Crippen LogP contribution in [-0.4, -0.2) is 14.8 Å². The molecule has 10 heteroatoms. The van der Waals surface area contributed by atoms with Crippen molar-refractivity contribution in [1.82, 2.24) is 14.8 Å². The van der Waals surface area contributed by atoms with E-state index in [2.05, 4.69) is 10.1 Å². The van der Waals surface area contributed by atoms with E-state index in [1.54, 1.807) is 6.07 Å². The first-order valence-corrected chi connectivity index (χ1v) is 7.75. The fraction of sp³-hybridized carbons (Fsp3) is 0.0625. The fourth-order valence-corrected chi connectivity index (χ4v) is 2.79. The van der Waals surface area contributed by atoms with Crippen LogP contribution < -0.4 is 5.73 Å². The van der Waals surface area contributed by atoms with E-state index >= 15 is 0 Å². The second kappa shape index (κ2) is 6.52. The van der Waals surface area contributed by atoms with Crippen LogP contribution >= 0.6 is 23.2 Å². The monoisotopic (exact) mass is 397 g/mol. The number of hydrogen-bond donors (Lipinski definition) is 1. The third-order valence-electron chi connectivity index (χ3n) is 3.51. The third-order valence-corrected chi connectivity index (χ3v) is 4.06. The molecular weight excluding hydrogens is 390 g/mol. The number of benzene rings is 1. The van der Waals surface area contributed by atoms with Gasteiger partial charge in [0.2, 0.25) is 0 Å². The first-order valence-electron chi connectivity index (χ1n) is 7.00. The summed E-state index contributed by atoms with van der Waals surface area (Å²) in [4.78, 5) is 3.86. The van der Waals surface area contributed by atoms with Gasteiger partial charge in [-0.05, 0) is 30.3 Å². The van der Waals surface area contributed by atoms with Crippen LogP contribution in [0, 0.1) is 11.3 Å². The quantitative estimate of drug-likeness (QED) is 0.678. The minimum atomic E-state index is -4.56. The van der Waals surface area contributed by atoms with Gasteiger partial charge in [0.05, 0.1) is 10.6 Å². The highest BCUT2D eigenvalue weighted by Crippen LogP contribution is 2.35. The normalized spacial score (nSPS) is 11.4. The van der Waals surface area contributed by atoms with E-state index in [1.165, 1.54) is 12.1 Å². The zero-order valence-electron chi connectivity index (χ0n) is 12.7. The predicted octanol–water partition coefficient (Wildman–Crippen LogP) is 4.71. The molecule has 0 aliphatic rings. The molecule has 0 aliphatic heterocycles.